The minimum Gasteiger partial charge on any atom is -0.496 e. The van der Waals surface area contributed by atoms with Crippen molar-refractivity contribution >= 4 is 18.3 Å². The predicted molar refractivity (Wildman–Crippen MR) is 98.8 cm³/mol. The number of ether oxygens (including phenoxy) is 1. The quantitative estimate of drug-likeness (QED) is 0.905. The first-order chi connectivity index (χ1) is 11.3. The zero-order valence-corrected chi connectivity index (χ0v) is 15.3. The van der Waals surface area contributed by atoms with Gasteiger partial charge >= 0.3 is 0 Å². The monoisotopic (exact) mass is 352 g/mol. The maximum absolute atomic E-state index is 12.6. The van der Waals surface area contributed by atoms with Crippen molar-refractivity contribution in [2.75, 3.05) is 33.3 Å². The molecule has 0 saturated carbocycles. The molecule has 2 aliphatic rings. The molecule has 5 heteroatoms. The predicted octanol–water partition coefficient (Wildman–Crippen LogP) is 2.90. The number of nitrogens with one attached hydrogen (secondary N) is 1. The Bertz CT molecular complexity index is 524. The van der Waals surface area contributed by atoms with Crippen LogP contribution in [0.25, 0.3) is 0 Å². The molecule has 4 nitrogen and oxygen atoms in total. The summed E-state index contributed by atoms with van der Waals surface area (Å²) in [5.41, 5.74) is 1.29. The highest BCUT2D eigenvalue weighted by molar-refractivity contribution is 5.85. The fourth-order valence-electron chi connectivity index (χ4n) is 3.86. The Morgan fingerprint density at radius 3 is 2.67 bits per heavy atom. The third-order valence-electron chi connectivity index (χ3n) is 5.27. The molecule has 0 radical (unpaired) electrons. The summed E-state index contributed by atoms with van der Waals surface area (Å²) >= 11 is 0. The Hall–Kier alpha value is -1.26. The first-order valence-electron chi connectivity index (χ1n) is 8.89. The number of hydrogen-bond donors (Lipinski definition) is 1. The Labute approximate surface area is 151 Å². The average Bonchev–Trinajstić information content (AvgIpc) is 2.63. The van der Waals surface area contributed by atoms with Crippen LogP contribution in [0, 0.1) is 11.8 Å². The van der Waals surface area contributed by atoms with Crippen LogP contribution in [0.2, 0.25) is 0 Å². The first-order valence-corrected chi connectivity index (χ1v) is 8.89. The molecule has 1 aromatic carbocycles. The number of hydrogen-bond acceptors (Lipinski definition) is 3. The summed E-state index contributed by atoms with van der Waals surface area (Å²) in [5, 5.41) is 3.35. The van der Waals surface area contributed by atoms with Crippen molar-refractivity contribution in [1.29, 1.82) is 0 Å². The zero-order chi connectivity index (χ0) is 16.1. The lowest BCUT2D eigenvalue weighted by Gasteiger charge is -2.35. The molecule has 2 saturated heterocycles. The van der Waals surface area contributed by atoms with Crippen molar-refractivity contribution in [3.05, 3.63) is 29.8 Å². The van der Waals surface area contributed by atoms with Gasteiger partial charge in [0.05, 0.1) is 13.0 Å². The van der Waals surface area contributed by atoms with Crippen LogP contribution < -0.4 is 10.1 Å². The minimum atomic E-state index is 0. The molecule has 0 spiro atoms. The zero-order valence-electron chi connectivity index (χ0n) is 14.5. The van der Waals surface area contributed by atoms with E-state index in [4.69, 9.17) is 4.74 Å². The third kappa shape index (κ3) is 4.64. The van der Waals surface area contributed by atoms with Crippen molar-refractivity contribution in [2.24, 2.45) is 11.8 Å². The van der Waals surface area contributed by atoms with E-state index >= 15 is 0 Å². The third-order valence-corrected chi connectivity index (χ3v) is 5.27. The molecular weight excluding hydrogens is 324 g/mol. The van der Waals surface area contributed by atoms with Crippen LogP contribution in [0.4, 0.5) is 0 Å². The number of nitrogens with zero attached hydrogens (tertiary/aromatic N) is 1. The van der Waals surface area contributed by atoms with E-state index in [-0.39, 0.29) is 18.3 Å². The summed E-state index contributed by atoms with van der Waals surface area (Å²) in [5.74, 6) is 2.21. The first kappa shape index (κ1) is 19.1. The van der Waals surface area contributed by atoms with Crippen molar-refractivity contribution in [1.82, 2.24) is 10.2 Å². The van der Waals surface area contributed by atoms with Gasteiger partial charge in [-0.2, -0.15) is 0 Å². The summed E-state index contributed by atoms with van der Waals surface area (Å²) in [6.07, 6.45) is 5.43. The molecule has 2 aliphatic heterocycles. The Morgan fingerprint density at radius 1 is 1.25 bits per heavy atom. The molecular formula is C19H29ClN2O2. The fraction of sp³-hybridized carbons (Fsp3) is 0.632. The van der Waals surface area contributed by atoms with Gasteiger partial charge in [-0.1, -0.05) is 18.2 Å². The molecule has 2 fully saturated rings. The highest BCUT2D eigenvalue weighted by Gasteiger charge is 2.29. The molecule has 1 unspecified atom stereocenters. The Morgan fingerprint density at radius 2 is 2.00 bits per heavy atom. The molecule has 0 bridgehead atoms. The molecule has 0 aromatic heterocycles. The van der Waals surface area contributed by atoms with E-state index in [1.54, 1.807) is 7.11 Å². The number of halogens is 1. The van der Waals surface area contributed by atoms with Gasteiger partial charge in [0, 0.05) is 19.6 Å². The molecule has 134 valence electrons. The summed E-state index contributed by atoms with van der Waals surface area (Å²) in [6, 6.07) is 8.28. The van der Waals surface area contributed by atoms with E-state index in [1.165, 1.54) is 5.56 Å². The lowest BCUT2D eigenvalue weighted by molar-refractivity contribution is -0.137. The second-order valence-electron chi connectivity index (χ2n) is 6.83. The number of para-hydroxylation sites is 1. The van der Waals surface area contributed by atoms with Crippen molar-refractivity contribution < 1.29 is 9.53 Å². The Balaban J connectivity index is 0.00000208. The van der Waals surface area contributed by atoms with E-state index in [2.05, 4.69) is 22.3 Å². The molecule has 2 heterocycles. The fourth-order valence-corrected chi connectivity index (χ4v) is 3.86. The number of benzene rings is 1. The summed E-state index contributed by atoms with van der Waals surface area (Å²) in [6.45, 7) is 3.75. The van der Waals surface area contributed by atoms with Crippen LogP contribution in [-0.4, -0.2) is 44.1 Å². The maximum Gasteiger partial charge on any atom is 0.226 e. The van der Waals surface area contributed by atoms with Gasteiger partial charge in [-0.05, 0) is 56.2 Å². The van der Waals surface area contributed by atoms with Gasteiger partial charge in [0.25, 0.3) is 0 Å². The van der Waals surface area contributed by atoms with Gasteiger partial charge in [0.2, 0.25) is 5.91 Å². The van der Waals surface area contributed by atoms with Gasteiger partial charge in [0.15, 0.2) is 0 Å². The molecule has 0 aliphatic carbocycles. The van der Waals surface area contributed by atoms with Gasteiger partial charge < -0.3 is 15.0 Å². The molecule has 1 atom stereocenters. The number of amides is 1. The van der Waals surface area contributed by atoms with Gasteiger partial charge in [-0.15, -0.1) is 12.4 Å². The van der Waals surface area contributed by atoms with Gasteiger partial charge in [-0.25, -0.2) is 0 Å². The van der Waals surface area contributed by atoms with Crippen molar-refractivity contribution in [3.63, 3.8) is 0 Å². The number of carbonyl (C=O) groups is 1. The second-order valence-corrected chi connectivity index (χ2v) is 6.83. The topological polar surface area (TPSA) is 41.6 Å². The largest absolute Gasteiger partial charge is 0.496 e. The molecule has 24 heavy (non-hydrogen) atoms. The SMILES string of the molecule is COc1ccccc1CC1CCN(C(=O)C2CCCNC2)CC1.Cl. The lowest BCUT2D eigenvalue weighted by atomic mass is 9.88. The van der Waals surface area contributed by atoms with Gasteiger partial charge in [-0.3, -0.25) is 4.79 Å². The van der Waals surface area contributed by atoms with E-state index in [9.17, 15) is 4.79 Å². The normalized spacial score (nSPS) is 21.9. The van der Waals surface area contributed by atoms with E-state index in [1.807, 2.05) is 12.1 Å². The van der Waals surface area contributed by atoms with Crippen LogP contribution in [0.15, 0.2) is 24.3 Å². The minimum absolute atomic E-state index is 0. The highest BCUT2D eigenvalue weighted by Crippen LogP contribution is 2.27. The number of piperidine rings is 2. The second kappa shape index (κ2) is 9.28. The summed E-state index contributed by atoms with van der Waals surface area (Å²) in [7, 11) is 1.73. The standard InChI is InChI=1S/C19H28N2O2.ClH/c1-23-18-7-3-2-5-16(18)13-15-8-11-21(12-9-15)19(22)17-6-4-10-20-14-17;/h2-3,5,7,15,17,20H,4,6,8-14H2,1H3;1H. The van der Waals surface area contributed by atoms with Crippen LogP contribution in [-0.2, 0) is 11.2 Å². The van der Waals surface area contributed by atoms with Crippen LogP contribution in [0.3, 0.4) is 0 Å². The van der Waals surface area contributed by atoms with E-state index in [0.717, 1.165) is 64.0 Å². The maximum atomic E-state index is 12.6. The Kier molecular flexibility index (Phi) is 7.38. The van der Waals surface area contributed by atoms with E-state index < -0.39 is 0 Å². The summed E-state index contributed by atoms with van der Waals surface area (Å²) in [4.78, 5) is 14.7. The number of likely N-dealkylation sites (tertiary alicyclic amines) is 1. The molecule has 1 N–H and O–H groups in total. The van der Waals surface area contributed by atoms with Crippen LogP contribution >= 0.6 is 12.4 Å². The smallest absolute Gasteiger partial charge is 0.226 e. The van der Waals surface area contributed by atoms with Crippen LogP contribution in [0.5, 0.6) is 5.75 Å². The molecule has 1 aromatic rings. The van der Waals surface area contributed by atoms with E-state index in [0.29, 0.717) is 11.8 Å². The summed E-state index contributed by atoms with van der Waals surface area (Å²) < 4.78 is 5.45. The number of methoxy groups -OCH3 is 1. The van der Waals surface area contributed by atoms with Crippen LogP contribution in [0.1, 0.15) is 31.2 Å². The molecule has 3 rings (SSSR count). The average molecular weight is 353 g/mol. The van der Waals surface area contributed by atoms with Crippen molar-refractivity contribution in [2.45, 2.75) is 32.1 Å². The lowest BCUT2D eigenvalue weighted by Crippen LogP contribution is -2.46. The number of carbonyl (C=O) groups excluding carboxylic acids is 1. The van der Waals surface area contributed by atoms with Crippen molar-refractivity contribution in [3.8, 4) is 5.75 Å². The number of rotatable bonds is 4. The van der Waals surface area contributed by atoms with Gasteiger partial charge in [0.1, 0.15) is 5.75 Å². The highest BCUT2D eigenvalue weighted by atomic mass is 35.5. The molecule has 1 amide bonds.